The number of halogens is 2. The molecule has 0 amide bonds. The summed E-state index contributed by atoms with van der Waals surface area (Å²) < 4.78 is 41.1. The van der Waals surface area contributed by atoms with E-state index in [4.69, 9.17) is 9.47 Å². The molecule has 0 N–H and O–H groups in total. The molecule has 1 saturated carbocycles. The monoisotopic (exact) mass is 533 g/mol. The van der Waals surface area contributed by atoms with Crippen molar-refractivity contribution in [2.75, 3.05) is 14.2 Å². The standard InChI is InChI=1S/C33H37F2NO3/c1-8-22-17-29-24(18-30(22)38-6)14-25(19-36-29)27-13-21(3)23(16-28(27)34)15-26(37)11-20(2)12-31(39-7)33(9-10-33)32(4,5)35/h12-14,16-19H,2,8-11,15H2,1,3-7H3/b31-12-. The fraction of sp³-hybridized carbons (Fsp3) is 0.394. The number of benzene rings is 2. The maximum Gasteiger partial charge on any atom is 0.141 e. The molecule has 206 valence electrons. The third-order valence-electron chi connectivity index (χ3n) is 7.93. The Morgan fingerprint density at radius 2 is 1.87 bits per heavy atom. The summed E-state index contributed by atoms with van der Waals surface area (Å²) in [4.78, 5) is 17.4. The Morgan fingerprint density at radius 3 is 2.46 bits per heavy atom. The number of hydrogen-bond acceptors (Lipinski definition) is 4. The van der Waals surface area contributed by atoms with Gasteiger partial charge in [-0.25, -0.2) is 8.78 Å². The topological polar surface area (TPSA) is 48.4 Å². The molecule has 1 aromatic heterocycles. The average molecular weight is 534 g/mol. The van der Waals surface area contributed by atoms with Gasteiger partial charge < -0.3 is 9.47 Å². The highest BCUT2D eigenvalue weighted by atomic mass is 19.1. The van der Waals surface area contributed by atoms with E-state index < -0.39 is 16.9 Å². The highest BCUT2D eigenvalue weighted by Gasteiger charge is 2.59. The van der Waals surface area contributed by atoms with Crippen LogP contribution < -0.4 is 4.74 Å². The number of ketones is 1. The molecule has 1 fully saturated rings. The summed E-state index contributed by atoms with van der Waals surface area (Å²) in [5.74, 6) is 0.788. The molecule has 3 aromatic rings. The number of Topliss-reactive ketones (excluding diaryl/α,β-unsaturated/α-hetero) is 1. The molecule has 0 radical (unpaired) electrons. The van der Waals surface area contributed by atoms with E-state index in [0.29, 0.717) is 40.9 Å². The summed E-state index contributed by atoms with van der Waals surface area (Å²) >= 11 is 0. The van der Waals surface area contributed by atoms with Gasteiger partial charge >= 0.3 is 0 Å². The Labute approximate surface area is 229 Å². The number of methoxy groups -OCH3 is 2. The number of allylic oxidation sites excluding steroid dienone is 3. The van der Waals surface area contributed by atoms with Crippen LogP contribution >= 0.6 is 0 Å². The minimum Gasteiger partial charge on any atom is -0.500 e. The van der Waals surface area contributed by atoms with Crippen LogP contribution in [-0.2, 0) is 22.4 Å². The Kier molecular flexibility index (Phi) is 7.97. The number of carbonyl (C=O) groups is 1. The summed E-state index contributed by atoms with van der Waals surface area (Å²) in [7, 11) is 3.15. The Bertz CT molecular complexity index is 1460. The predicted octanol–water partition coefficient (Wildman–Crippen LogP) is 8.04. The average Bonchev–Trinajstić information content (AvgIpc) is 3.70. The van der Waals surface area contributed by atoms with Gasteiger partial charge in [0, 0.05) is 35.6 Å². The molecule has 4 nitrogen and oxygen atoms in total. The zero-order chi connectivity index (χ0) is 28.5. The second kappa shape index (κ2) is 10.9. The number of fused-ring (bicyclic) bond motifs is 1. The quantitative estimate of drug-likeness (QED) is 0.185. The number of hydrogen-bond donors (Lipinski definition) is 0. The molecule has 1 heterocycles. The number of aryl methyl sites for hydroxylation is 2. The molecule has 1 aliphatic rings. The fourth-order valence-electron chi connectivity index (χ4n) is 5.36. The van der Waals surface area contributed by atoms with Crippen LogP contribution in [0.3, 0.4) is 0 Å². The minimum atomic E-state index is -1.43. The number of nitrogens with zero attached hydrogens (tertiary/aromatic N) is 1. The normalized spacial score (nSPS) is 14.8. The first-order chi connectivity index (χ1) is 18.4. The van der Waals surface area contributed by atoms with E-state index in [1.807, 2.05) is 25.1 Å². The zero-order valence-corrected chi connectivity index (χ0v) is 23.7. The van der Waals surface area contributed by atoms with Crippen molar-refractivity contribution in [2.24, 2.45) is 5.41 Å². The number of rotatable bonds is 11. The van der Waals surface area contributed by atoms with Crippen molar-refractivity contribution < 1.29 is 23.0 Å². The van der Waals surface area contributed by atoms with Crippen LogP contribution in [0, 0.1) is 18.2 Å². The number of carbonyl (C=O) groups excluding carboxylic acids is 1. The second-order valence-corrected chi connectivity index (χ2v) is 11.0. The van der Waals surface area contributed by atoms with E-state index >= 15 is 4.39 Å². The molecule has 0 unspecified atom stereocenters. The maximum atomic E-state index is 15.3. The van der Waals surface area contributed by atoms with Gasteiger partial charge in [-0.2, -0.15) is 0 Å². The van der Waals surface area contributed by atoms with Crippen LogP contribution in [0.25, 0.3) is 22.0 Å². The largest absolute Gasteiger partial charge is 0.500 e. The van der Waals surface area contributed by atoms with E-state index in [-0.39, 0.29) is 18.6 Å². The smallest absolute Gasteiger partial charge is 0.141 e. The second-order valence-electron chi connectivity index (χ2n) is 11.0. The minimum absolute atomic E-state index is 0.0743. The van der Waals surface area contributed by atoms with Crippen LogP contribution in [0.2, 0.25) is 0 Å². The Balaban J connectivity index is 1.52. The number of ether oxygens (including phenoxy) is 2. The van der Waals surface area contributed by atoms with E-state index in [0.717, 1.165) is 34.2 Å². The Hall–Kier alpha value is -3.54. The third kappa shape index (κ3) is 5.75. The van der Waals surface area contributed by atoms with Crippen molar-refractivity contribution in [3.05, 3.63) is 83.0 Å². The molecule has 2 aromatic carbocycles. The molecular weight excluding hydrogens is 496 g/mol. The first kappa shape index (κ1) is 28.5. The molecular formula is C33H37F2NO3. The van der Waals surface area contributed by atoms with E-state index in [1.165, 1.54) is 13.2 Å². The van der Waals surface area contributed by atoms with E-state index in [2.05, 4.69) is 18.5 Å². The molecule has 39 heavy (non-hydrogen) atoms. The summed E-state index contributed by atoms with van der Waals surface area (Å²) in [5.41, 5.74) is 2.86. The third-order valence-corrected chi connectivity index (χ3v) is 7.93. The number of alkyl halides is 1. The van der Waals surface area contributed by atoms with Crippen LogP contribution in [-0.4, -0.2) is 30.7 Å². The van der Waals surface area contributed by atoms with Crippen molar-refractivity contribution in [3.63, 3.8) is 0 Å². The number of pyridine rings is 1. The highest BCUT2D eigenvalue weighted by Crippen LogP contribution is 2.61. The lowest BCUT2D eigenvalue weighted by atomic mass is 9.86. The predicted molar refractivity (Wildman–Crippen MR) is 152 cm³/mol. The van der Waals surface area contributed by atoms with Crippen LogP contribution in [0.5, 0.6) is 5.75 Å². The van der Waals surface area contributed by atoms with Gasteiger partial charge in [0.25, 0.3) is 0 Å². The molecule has 0 atom stereocenters. The van der Waals surface area contributed by atoms with Crippen molar-refractivity contribution in [1.82, 2.24) is 4.98 Å². The van der Waals surface area contributed by atoms with Crippen molar-refractivity contribution in [1.29, 1.82) is 0 Å². The van der Waals surface area contributed by atoms with Gasteiger partial charge in [0.1, 0.15) is 28.8 Å². The van der Waals surface area contributed by atoms with Gasteiger partial charge in [0.2, 0.25) is 0 Å². The Morgan fingerprint density at radius 1 is 1.15 bits per heavy atom. The van der Waals surface area contributed by atoms with Crippen molar-refractivity contribution in [2.45, 2.75) is 65.5 Å². The summed E-state index contributed by atoms with van der Waals surface area (Å²) in [6.45, 7) is 11.0. The van der Waals surface area contributed by atoms with Gasteiger partial charge in [-0.15, -0.1) is 0 Å². The molecule has 0 aliphatic heterocycles. The summed E-state index contributed by atoms with van der Waals surface area (Å²) in [5, 5.41) is 0.865. The van der Waals surface area contributed by atoms with E-state index in [1.54, 1.807) is 39.3 Å². The van der Waals surface area contributed by atoms with Crippen molar-refractivity contribution in [3.8, 4) is 16.9 Å². The lowest BCUT2D eigenvalue weighted by Gasteiger charge is -2.28. The zero-order valence-electron chi connectivity index (χ0n) is 23.7. The molecule has 0 bridgehead atoms. The first-order valence-corrected chi connectivity index (χ1v) is 13.3. The lowest BCUT2D eigenvalue weighted by Crippen LogP contribution is -2.30. The molecule has 0 saturated heterocycles. The van der Waals surface area contributed by atoms with Crippen LogP contribution in [0.1, 0.15) is 56.7 Å². The first-order valence-electron chi connectivity index (χ1n) is 13.3. The van der Waals surface area contributed by atoms with Crippen LogP contribution in [0.15, 0.2) is 60.5 Å². The lowest BCUT2D eigenvalue weighted by molar-refractivity contribution is -0.117. The SMILES string of the molecule is C=C(/C=C(\OC)C1(C(C)(C)F)CC1)CC(=O)Cc1cc(F)c(-c2cnc3cc(CC)c(OC)cc3c2)cc1C. The summed E-state index contributed by atoms with van der Waals surface area (Å²) in [6.07, 6.45) is 5.73. The number of aromatic nitrogens is 1. The molecule has 4 rings (SSSR count). The van der Waals surface area contributed by atoms with Crippen molar-refractivity contribution >= 4 is 16.7 Å². The van der Waals surface area contributed by atoms with E-state index in [9.17, 15) is 9.18 Å². The molecule has 6 heteroatoms. The molecule has 1 aliphatic carbocycles. The molecule has 0 spiro atoms. The van der Waals surface area contributed by atoms with Crippen LogP contribution in [0.4, 0.5) is 8.78 Å². The van der Waals surface area contributed by atoms with Gasteiger partial charge in [-0.05, 0) is 98.7 Å². The summed E-state index contributed by atoms with van der Waals surface area (Å²) in [6, 6.07) is 9.02. The van der Waals surface area contributed by atoms with Gasteiger partial charge in [0.15, 0.2) is 0 Å². The van der Waals surface area contributed by atoms with Gasteiger partial charge in [-0.1, -0.05) is 13.5 Å². The maximum absolute atomic E-state index is 15.3. The van der Waals surface area contributed by atoms with Gasteiger partial charge in [-0.3, -0.25) is 9.78 Å². The fourth-order valence-corrected chi connectivity index (χ4v) is 5.36. The highest BCUT2D eigenvalue weighted by molar-refractivity contribution is 5.87. The van der Waals surface area contributed by atoms with Gasteiger partial charge in [0.05, 0.1) is 25.2 Å².